The van der Waals surface area contributed by atoms with Crippen molar-refractivity contribution < 1.29 is 5.11 Å². The molecule has 0 heterocycles. The van der Waals surface area contributed by atoms with E-state index in [1.807, 2.05) is 0 Å². The minimum absolute atomic E-state index is 0.149. The summed E-state index contributed by atoms with van der Waals surface area (Å²) < 4.78 is 0. The average Bonchev–Trinajstić information content (AvgIpc) is 2.79. The maximum absolute atomic E-state index is 9.53. The van der Waals surface area contributed by atoms with Gasteiger partial charge in [0.2, 0.25) is 0 Å². The zero-order valence-corrected chi connectivity index (χ0v) is 11.8. The first kappa shape index (κ1) is 14.9. The van der Waals surface area contributed by atoms with E-state index in [2.05, 4.69) is 31.1 Å². The van der Waals surface area contributed by atoms with Gasteiger partial charge in [-0.1, -0.05) is 19.8 Å². The molecule has 1 saturated carbocycles. The van der Waals surface area contributed by atoms with Gasteiger partial charge in [0.1, 0.15) is 0 Å². The largest absolute Gasteiger partial charge is 0.394 e. The van der Waals surface area contributed by atoms with Crippen LogP contribution in [0.25, 0.3) is 0 Å². The molecule has 1 atom stereocenters. The Hall–Kier alpha value is -0.120. The maximum atomic E-state index is 9.53. The number of hydrogen-bond acceptors (Lipinski definition) is 3. The van der Waals surface area contributed by atoms with Gasteiger partial charge in [0.15, 0.2) is 0 Å². The Morgan fingerprint density at radius 2 is 2.00 bits per heavy atom. The molecule has 1 aliphatic carbocycles. The molecule has 3 nitrogen and oxygen atoms in total. The highest BCUT2D eigenvalue weighted by Gasteiger charge is 2.25. The van der Waals surface area contributed by atoms with Crippen LogP contribution in [0.1, 0.15) is 46.0 Å². The molecule has 1 fully saturated rings. The second kappa shape index (κ2) is 7.34. The summed E-state index contributed by atoms with van der Waals surface area (Å²) in [6.45, 7) is 7.58. The van der Waals surface area contributed by atoms with Crippen molar-refractivity contribution in [3.05, 3.63) is 0 Å². The first-order valence-electron chi connectivity index (χ1n) is 7.14. The van der Waals surface area contributed by atoms with Gasteiger partial charge < -0.3 is 15.3 Å². The number of aliphatic hydroxyl groups is 1. The number of nitrogens with one attached hydrogen (secondary N) is 1. The Morgan fingerprint density at radius 1 is 1.35 bits per heavy atom. The minimum Gasteiger partial charge on any atom is -0.394 e. The minimum atomic E-state index is -0.149. The van der Waals surface area contributed by atoms with E-state index in [1.165, 1.54) is 32.2 Å². The summed E-state index contributed by atoms with van der Waals surface area (Å²) in [6.07, 6.45) is 6.71. The summed E-state index contributed by atoms with van der Waals surface area (Å²) in [5.74, 6) is 0.883. The van der Waals surface area contributed by atoms with E-state index in [9.17, 15) is 5.11 Å². The molecule has 3 heteroatoms. The topological polar surface area (TPSA) is 35.5 Å². The summed E-state index contributed by atoms with van der Waals surface area (Å²) in [6, 6.07) is 0. The molecule has 2 N–H and O–H groups in total. The molecule has 102 valence electrons. The number of likely N-dealkylation sites (N-methyl/N-ethyl adjacent to an activating group) is 1. The Kier molecular flexibility index (Phi) is 6.45. The molecule has 0 saturated heterocycles. The molecule has 0 radical (unpaired) electrons. The second-order valence-corrected chi connectivity index (χ2v) is 5.99. The molecule has 0 spiro atoms. The van der Waals surface area contributed by atoms with Crippen molar-refractivity contribution in [1.82, 2.24) is 10.2 Å². The van der Waals surface area contributed by atoms with Crippen LogP contribution in [0, 0.1) is 5.92 Å². The lowest BCUT2D eigenvalue weighted by Crippen LogP contribution is -2.54. The lowest BCUT2D eigenvalue weighted by Gasteiger charge is -2.34. The predicted molar refractivity (Wildman–Crippen MR) is 73.2 cm³/mol. The first-order valence-corrected chi connectivity index (χ1v) is 7.14. The lowest BCUT2D eigenvalue weighted by molar-refractivity contribution is 0.125. The van der Waals surface area contributed by atoms with E-state index in [1.54, 1.807) is 0 Å². The van der Waals surface area contributed by atoms with Crippen molar-refractivity contribution >= 4 is 0 Å². The zero-order valence-electron chi connectivity index (χ0n) is 11.8. The molecule has 0 aromatic carbocycles. The number of nitrogens with zero attached hydrogens (tertiary/aromatic N) is 1. The number of rotatable bonds is 8. The van der Waals surface area contributed by atoms with Gasteiger partial charge in [-0.3, -0.25) is 0 Å². The highest BCUT2D eigenvalue weighted by atomic mass is 16.3. The van der Waals surface area contributed by atoms with Gasteiger partial charge >= 0.3 is 0 Å². The van der Waals surface area contributed by atoms with Crippen LogP contribution in [0.15, 0.2) is 0 Å². The van der Waals surface area contributed by atoms with Crippen LogP contribution < -0.4 is 5.32 Å². The van der Waals surface area contributed by atoms with E-state index in [4.69, 9.17) is 0 Å². The Balaban J connectivity index is 2.32. The van der Waals surface area contributed by atoms with Crippen LogP contribution >= 0.6 is 0 Å². The molecule has 17 heavy (non-hydrogen) atoms. The van der Waals surface area contributed by atoms with Gasteiger partial charge in [0, 0.05) is 13.1 Å². The van der Waals surface area contributed by atoms with Gasteiger partial charge in [-0.25, -0.2) is 0 Å². The third-order valence-electron chi connectivity index (χ3n) is 3.81. The van der Waals surface area contributed by atoms with Crippen LogP contribution in [0.2, 0.25) is 0 Å². The zero-order chi connectivity index (χ0) is 12.7. The van der Waals surface area contributed by atoms with Crippen molar-refractivity contribution in [2.24, 2.45) is 5.92 Å². The molecular formula is C14H30N2O. The third kappa shape index (κ3) is 5.36. The third-order valence-corrected chi connectivity index (χ3v) is 3.81. The predicted octanol–water partition coefficient (Wildman–Crippen LogP) is 1.86. The van der Waals surface area contributed by atoms with E-state index in [0.29, 0.717) is 0 Å². The van der Waals surface area contributed by atoms with Crippen molar-refractivity contribution in [2.45, 2.75) is 51.5 Å². The monoisotopic (exact) mass is 242 g/mol. The van der Waals surface area contributed by atoms with Crippen LogP contribution in [0.3, 0.4) is 0 Å². The fraction of sp³-hybridized carbons (Fsp3) is 1.00. The fourth-order valence-electron chi connectivity index (χ4n) is 2.88. The Bertz CT molecular complexity index is 204. The smallest absolute Gasteiger partial charge is 0.0623 e. The van der Waals surface area contributed by atoms with Crippen molar-refractivity contribution in [3.63, 3.8) is 0 Å². The molecule has 0 amide bonds. The molecule has 1 unspecified atom stereocenters. The standard InChI is InChI=1S/C14H30N2O/c1-4-9-15-14(2,12-17)11-16(3)10-13-7-5-6-8-13/h13,15,17H,4-12H2,1-3H3. The molecule has 0 aromatic heterocycles. The number of aliphatic hydroxyl groups excluding tert-OH is 1. The second-order valence-electron chi connectivity index (χ2n) is 5.99. The van der Waals surface area contributed by atoms with Gasteiger partial charge in [-0.15, -0.1) is 0 Å². The van der Waals surface area contributed by atoms with E-state index >= 15 is 0 Å². The van der Waals surface area contributed by atoms with E-state index in [0.717, 1.165) is 25.4 Å². The van der Waals surface area contributed by atoms with Gasteiger partial charge in [-0.05, 0) is 45.7 Å². The van der Waals surface area contributed by atoms with E-state index in [-0.39, 0.29) is 12.1 Å². The summed E-state index contributed by atoms with van der Waals surface area (Å²) in [4.78, 5) is 2.38. The highest BCUT2D eigenvalue weighted by molar-refractivity contribution is 4.86. The van der Waals surface area contributed by atoms with Crippen molar-refractivity contribution in [1.29, 1.82) is 0 Å². The molecule has 0 aliphatic heterocycles. The van der Waals surface area contributed by atoms with Gasteiger partial charge in [0.25, 0.3) is 0 Å². The molecule has 0 aromatic rings. The molecule has 0 bridgehead atoms. The van der Waals surface area contributed by atoms with Crippen molar-refractivity contribution in [3.8, 4) is 0 Å². The quantitative estimate of drug-likeness (QED) is 0.682. The van der Waals surface area contributed by atoms with Crippen LogP contribution in [-0.4, -0.2) is 48.8 Å². The summed E-state index contributed by atoms with van der Waals surface area (Å²) >= 11 is 0. The van der Waals surface area contributed by atoms with Crippen LogP contribution in [0.4, 0.5) is 0 Å². The Morgan fingerprint density at radius 3 is 2.53 bits per heavy atom. The molecule has 1 aliphatic rings. The summed E-state index contributed by atoms with van der Waals surface area (Å²) in [5.41, 5.74) is -0.149. The van der Waals surface area contributed by atoms with E-state index < -0.39 is 0 Å². The van der Waals surface area contributed by atoms with Gasteiger partial charge in [0.05, 0.1) is 12.1 Å². The SMILES string of the molecule is CCCNC(C)(CO)CN(C)CC1CCCC1. The van der Waals surface area contributed by atoms with Crippen molar-refractivity contribution in [2.75, 3.05) is 33.3 Å². The summed E-state index contributed by atoms with van der Waals surface area (Å²) in [5, 5.41) is 13.0. The van der Waals surface area contributed by atoms with Gasteiger partial charge in [-0.2, -0.15) is 0 Å². The van der Waals surface area contributed by atoms with Crippen LogP contribution in [0.5, 0.6) is 0 Å². The maximum Gasteiger partial charge on any atom is 0.0623 e. The first-order chi connectivity index (χ1) is 8.09. The normalized spacial score (nSPS) is 21.0. The number of hydrogen-bond donors (Lipinski definition) is 2. The highest BCUT2D eigenvalue weighted by Crippen LogP contribution is 2.25. The average molecular weight is 242 g/mol. The fourth-order valence-corrected chi connectivity index (χ4v) is 2.88. The summed E-state index contributed by atoms with van der Waals surface area (Å²) in [7, 11) is 2.18. The molecular weight excluding hydrogens is 212 g/mol. The van der Waals surface area contributed by atoms with Crippen LogP contribution in [-0.2, 0) is 0 Å². The Labute approximate surface area is 107 Å². The lowest BCUT2D eigenvalue weighted by atomic mass is 10.0. The molecule has 1 rings (SSSR count).